The van der Waals surface area contributed by atoms with Gasteiger partial charge in [-0.3, -0.25) is 9.59 Å². The summed E-state index contributed by atoms with van der Waals surface area (Å²) in [6.07, 6.45) is 4.19. The van der Waals surface area contributed by atoms with Crippen LogP contribution in [0.15, 0.2) is 16.8 Å². The zero-order chi connectivity index (χ0) is 16.7. The Labute approximate surface area is 139 Å². The summed E-state index contributed by atoms with van der Waals surface area (Å²) in [4.78, 5) is 36.0. The van der Waals surface area contributed by atoms with E-state index in [1.54, 1.807) is 11.4 Å². The van der Waals surface area contributed by atoms with Gasteiger partial charge in [-0.15, -0.1) is 0 Å². The maximum Gasteiger partial charge on any atom is 0.331 e. The highest BCUT2D eigenvalue weighted by Crippen LogP contribution is 2.29. The van der Waals surface area contributed by atoms with Crippen LogP contribution in [-0.2, 0) is 14.3 Å². The molecule has 1 heterocycles. The number of rotatable bonds is 6. The van der Waals surface area contributed by atoms with Gasteiger partial charge in [0.25, 0.3) is 5.91 Å². The molecule has 1 fully saturated rings. The van der Waals surface area contributed by atoms with Crippen molar-refractivity contribution in [2.75, 3.05) is 13.7 Å². The minimum atomic E-state index is -0.901. The molecule has 1 aromatic heterocycles. The van der Waals surface area contributed by atoms with Crippen molar-refractivity contribution in [2.24, 2.45) is 0 Å². The monoisotopic (exact) mass is 338 g/mol. The van der Waals surface area contributed by atoms with E-state index in [2.05, 4.69) is 10.6 Å². The molecule has 7 heteroatoms. The standard InChI is InChI=1S/C16H22N2O4S/c1-22-15(21)16(7-3-2-4-8-16)18-13(19)5-9-17-14(20)12-6-10-23-11-12/h6,10-11H,2-5,7-9H2,1H3,(H,17,20)(H,18,19). The summed E-state index contributed by atoms with van der Waals surface area (Å²) >= 11 is 1.44. The minimum Gasteiger partial charge on any atom is -0.467 e. The molecule has 1 saturated carbocycles. The Morgan fingerprint density at radius 1 is 1.26 bits per heavy atom. The fourth-order valence-corrected chi connectivity index (χ4v) is 3.48. The van der Waals surface area contributed by atoms with Crippen LogP contribution in [-0.4, -0.2) is 37.0 Å². The van der Waals surface area contributed by atoms with Crippen LogP contribution >= 0.6 is 11.3 Å². The number of ether oxygens (including phenoxy) is 1. The van der Waals surface area contributed by atoms with Crippen molar-refractivity contribution in [2.45, 2.75) is 44.1 Å². The topological polar surface area (TPSA) is 84.5 Å². The Balaban J connectivity index is 1.82. The van der Waals surface area contributed by atoms with E-state index in [1.807, 2.05) is 5.38 Å². The van der Waals surface area contributed by atoms with Crippen molar-refractivity contribution in [3.63, 3.8) is 0 Å². The first-order valence-corrected chi connectivity index (χ1v) is 8.71. The van der Waals surface area contributed by atoms with E-state index in [0.717, 1.165) is 19.3 Å². The fourth-order valence-electron chi connectivity index (χ4n) is 2.85. The van der Waals surface area contributed by atoms with Crippen molar-refractivity contribution in [1.29, 1.82) is 0 Å². The first kappa shape index (κ1) is 17.5. The largest absolute Gasteiger partial charge is 0.467 e. The molecule has 6 nitrogen and oxygen atoms in total. The average Bonchev–Trinajstić information content (AvgIpc) is 3.09. The summed E-state index contributed by atoms with van der Waals surface area (Å²) in [6.45, 7) is 0.234. The van der Waals surface area contributed by atoms with Crippen LogP contribution in [0.1, 0.15) is 48.9 Å². The highest BCUT2D eigenvalue weighted by molar-refractivity contribution is 7.08. The summed E-state index contributed by atoms with van der Waals surface area (Å²) in [5.74, 6) is -0.824. The lowest BCUT2D eigenvalue weighted by atomic mass is 9.81. The van der Waals surface area contributed by atoms with Gasteiger partial charge in [0.2, 0.25) is 5.91 Å². The SMILES string of the molecule is COC(=O)C1(NC(=O)CCNC(=O)c2ccsc2)CCCCC1. The highest BCUT2D eigenvalue weighted by Gasteiger charge is 2.41. The van der Waals surface area contributed by atoms with Crippen LogP contribution in [0.5, 0.6) is 0 Å². The van der Waals surface area contributed by atoms with Gasteiger partial charge in [0.1, 0.15) is 5.54 Å². The number of methoxy groups -OCH3 is 1. The molecule has 0 atom stereocenters. The molecule has 0 bridgehead atoms. The van der Waals surface area contributed by atoms with E-state index in [0.29, 0.717) is 18.4 Å². The van der Waals surface area contributed by atoms with Crippen LogP contribution in [0.25, 0.3) is 0 Å². The second kappa shape index (κ2) is 8.10. The molecule has 1 aliphatic carbocycles. The second-order valence-electron chi connectivity index (χ2n) is 5.70. The molecule has 0 unspecified atom stereocenters. The van der Waals surface area contributed by atoms with Crippen molar-refractivity contribution in [1.82, 2.24) is 10.6 Å². The predicted octanol–water partition coefficient (Wildman–Crippen LogP) is 1.86. The lowest BCUT2D eigenvalue weighted by Gasteiger charge is -2.35. The van der Waals surface area contributed by atoms with E-state index in [4.69, 9.17) is 4.74 Å². The number of hydrogen-bond donors (Lipinski definition) is 2. The summed E-state index contributed by atoms with van der Waals surface area (Å²) in [5.41, 5.74) is -0.310. The third-order valence-electron chi connectivity index (χ3n) is 4.08. The number of carbonyl (C=O) groups is 3. The Bertz CT molecular complexity index is 550. The van der Waals surface area contributed by atoms with E-state index in [-0.39, 0.29) is 30.7 Å². The van der Waals surface area contributed by atoms with Crippen molar-refractivity contribution >= 4 is 29.1 Å². The zero-order valence-electron chi connectivity index (χ0n) is 13.2. The van der Waals surface area contributed by atoms with Gasteiger partial charge in [-0.2, -0.15) is 11.3 Å². The van der Waals surface area contributed by atoms with Crippen LogP contribution < -0.4 is 10.6 Å². The number of amides is 2. The summed E-state index contributed by atoms with van der Waals surface area (Å²) < 4.78 is 4.86. The molecule has 0 aliphatic heterocycles. The van der Waals surface area contributed by atoms with E-state index in [9.17, 15) is 14.4 Å². The first-order valence-electron chi connectivity index (χ1n) is 7.77. The molecule has 23 heavy (non-hydrogen) atoms. The van der Waals surface area contributed by atoms with Crippen LogP contribution in [0.2, 0.25) is 0 Å². The Hall–Kier alpha value is -1.89. The van der Waals surface area contributed by atoms with Crippen LogP contribution in [0, 0.1) is 0 Å². The maximum absolute atomic E-state index is 12.1. The number of nitrogens with one attached hydrogen (secondary N) is 2. The van der Waals surface area contributed by atoms with Gasteiger partial charge < -0.3 is 15.4 Å². The van der Waals surface area contributed by atoms with Crippen molar-refractivity contribution < 1.29 is 19.1 Å². The Kier molecular flexibility index (Phi) is 6.15. The quantitative estimate of drug-likeness (QED) is 0.776. The van der Waals surface area contributed by atoms with Gasteiger partial charge in [0.15, 0.2) is 0 Å². The molecular weight excluding hydrogens is 316 g/mol. The van der Waals surface area contributed by atoms with Crippen LogP contribution in [0.3, 0.4) is 0 Å². The van der Waals surface area contributed by atoms with Gasteiger partial charge in [0.05, 0.1) is 7.11 Å². The van der Waals surface area contributed by atoms with Crippen LogP contribution in [0.4, 0.5) is 0 Å². The molecule has 1 aromatic rings. The van der Waals surface area contributed by atoms with E-state index < -0.39 is 5.54 Å². The average molecular weight is 338 g/mol. The summed E-state index contributed by atoms with van der Waals surface area (Å²) in [7, 11) is 1.34. The van der Waals surface area contributed by atoms with Gasteiger partial charge in [-0.25, -0.2) is 4.79 Å². The molecule has 0 radical (unpaired) electrons. The molecule has 0 saturated heterocycles. The second-order valence-corrected chi connectivity index (χ2v) is 6.48. The smallest absolute Gasteiger partial charge is 0.331 e. The van der Waals surface area contributed by atoms with Gasteiger partial charge in [0, 0.05) is 23.9 Å². The molecule has 2 N–H and O–H groups in total. The maximum atomic E-state index is 12.1. The zero-order valence-corrected chi connectivity index (χ0v) is 14.0. The van der Waals surface area contributed by atoms with Gasteiger partial charge in [-0.05, 0) is 24.3 Å². The molecule has 0 spiro atoms. The van der Waals surface area contributed by atoms with E-state index >= 15 is 0 Å². The third kappa shape index (κ3) is 4.54. The highest BCUT2D eigenvalue weighted by atomic mass is 32.1. The lowest BCUT2D eigenvalue weighted by molar-refractivity contribution is -0.152. The van der Waals surface area contributed by atoms with Crippen molar-refractivity contribution in [3.05, 3.63) is 22.4 Å². The van der Waals surface area contributed by atoms with Gasteiger partial charge >= 0.3 is 5.97 Å². The van der Waals surface area contributed by atoms with E-state index in [1.165, 1.54) is 18.4 Å². The normalized spacial score (nSPS) is 16.4. The van der Waals surface area contributed by atoms with Gasteiger partial charge in [-0.1, -0.05) is 19.3 Å². The Morgan fingerprint density at radius 2 is 2.00 bits per heavy atom. The predicted molar refractivity (Wildman–Crippen MR) is 87.2 cm³/mol. The first-order chi connectivity index (χ1) is 11.1. The molecule has 126 valence electrons. The fraction of sp³-hybridized carbons (Fsp3) is 0.562. The number of thiophene rings is 1. The van der Waals surface area contributed by atoms with Crippen molar-refractivity contribution in [3.8, 4) is 0 Å². The molecule has 2 rings (SSSR count). The lowest BCUT2D eigenvalue weighted by Crippen LogP contribution is -2.56. The summed E-state index contributed by atoms with van der Waals surface area (Å²) in [5, 5.41) is 9.11. The molecular formula is C16H22N2O4S. The minimum absolute atomic E-state index is 0.134. The third-order valence-corrected chi connectivity index (χ3v) is 4.77. The number of hydrogen-bond acceptors (Lipinski definition) is 5. The molecule has 0 aromatic carbocycles. The molecule has 1 aliphatic rings. The summed E-state index contributed by atoms with van der Waals surface area (Å²) in [6, 6.07) is 1.73. The molecule has 2 amide bonds. The Morgan fingerprint density at radius 3 is 2.61 bits per heavy atom. The number of carbonyl (C=O) groups excluding carboxylic acids is 3. The number of esters is 1.